The highest BCUT2D eigenvalue weighted by molar-refractivity contribution is 5.89. The number of aryl methyl sites for hydroxylation is 1. The van der Waals surface area contributed by atoms with Crippen LogP contribution in [-0.2, 0) is 11.2 Å². The Balaban J connectivity index is 2.00. The Morgan fingerprint density at radius 2 is 1.88 bits per heavy atom. The standard InChI is InChI=1S/C20H21NO3/c1-3-4-14-5-6-16-12-21(19(22)18(16)11-14)17-9-7-15(8-10-17)13(2)20(23)24/h5-13,22H,3-4H2,1-2H3,(H,23,24). The molecule has 0 aliphatic carbocycles. The van der Waals surface area contributed by atoms with Crippen molar-refractivity contribution in [1.29, 1.82) is 0 Å². The van der Waals surface area contributed by atoms with Crippen molar-refractivity contribution >= 4 is 16.7 Å². The summed E-state index contributed by atoms with van der Waals surface area (Å²) in [7, 11) is 0. The number of carboxylic acid groups (broad SMARTS) is 1. The highest BCUT2D eigenvalue weighted by Crippen LogP contribution is 2.31. The van der Waals surface area contributed by atoms with Crippen LogP contribution in [0.15, 0.2) is 48.7 Å². The third-order valence-corrected chi connectivity index (χ3v) is 4.44. The molecule has 0 spiro atoms. The van der Waals surface area contributed by atoms with E-state index in [0.29, 0.717) is 0 Å². The van der Waals surface area contributed by atoms with E-state index >= 15 is 0 Å². The van der Waals surface area contributed by atoms with Crippen molar-refractivity contribution in [3.63, 3.8) is 0 Å². The van der Waals surface area contributed by atoms with Gasteiger partial charge in [-0.15, -0.1) is 0 Å². The van der Waals surface area contributed by atoms with E-state index in [0.717, 1.165) is 34.9 Å². The van der Waals surface area contributed by atoms with Gasteiger partial charge < -0.3 is 10.2 Å². The van der Waals surface area contributed by atoms with E-state index in [1.54, 1.807) is 23.6 Å². The first-order valence-corrected chi connectivity index (χ1v) is 8.17. The maximum atomic E-state index is 11.1. The van der Waals surface area contributed by atoms with Crippen molar-refractivity contribution in [2.24, 2.45) is 0 Å². The molecule has 1 atom stereocenters. The molecule has 3 rings (SSSR count). The lowest BCUT2D eigenvalue weighted by molar-refractivity contribution is -0.138. The average molecular weight is 323 g/mol. The number of aromatic hydroxyl groups is 1. The first kappa shape index (κ1) is 16.1. The Bertz CT molecular complexity index is 878. The zero-order chi connectivity index (χ0) is 17.3. The summed E-state index contributed by atoms with van der Waals surface area (Å²) in [5.74, 6) is -1.18. The fourth-order valence-electron chi connectivity index (χ4n) is 2.95. The first-order chi connectivity index (χ1) is 11.5. The molecule has 4 heteroatoms. The second-order valence-electron chi connectivity index (χ2n) is 6.15. The second kappa shape index (κ2) is 6.40. The molecule has 1 aromatic heterocycles. The van der Waals surface area contributed by atoms with Crippen molar-refractivity contribution in [1.82, 2.24) is 4.57 Å². The Morgan fingerprint density at radius 1 is 1.17 bits per heavy atom. The Morgan fingerprint density at radius 3 is 2.50 bits per heavy atom. The molecule has 0 saturated heterocycles. The smallest absolute Gasteiger partial charge is 0.310 e. The molecule has 0 bridgehead atoms. The van der Waals surface area contributed by atoms with E-state index < -0.39 is 11.9 Å². The number of carbonyl (C=O) groups is 1. The van der Waals surface area contributed by atoms with Crippen molar-refractivity contribution < 1.29 is 15.0 Å². The van der Waals surface area contributed by atoms with E-state index in [1.807, 2.05) is 30.5 Å². The summed E-state index contributed by atoms with van der Waals surface area (Å²) in [5, 5.41) is 21.5. The number of hydrogen-bond acceptors (Lipinski definition) is 2. The molecule has 0 amide bonds. The molecule has 124 valence electrons. The quantitative estimate of drug-likeness (QED) is 0.728. The van der Waals surface area contributed by atoms with Gasteiger partial charge in [-0.25, -0.2) is 0 Å². The minimum absolute atomic E-state index is 0.210. The fraction of sp³-hybridized carbons (Fsp3) is 0.250. The van der Waals surface area contributed by atoms with Gasteiger partial charge in [-0.05, 0) is 42.7 Å². The van der Waals surface area contributed by atoms with Crippen molar-refractivity contribution in [3.05, 3.63) is 59.8 Å². The van der Waals surface area contributed by atoms with Gasteiger partial charge >= 0.3 is 5.97 Å². The molecule has 3 aromatic rings. The number of fused-ring (bicyclic) bond motifs is 1. The lowest BCUT2D eigenvalue weighted by Gasteiger charge is -2.09. The van der Waals surface area contributed by atoms with Gasteiger partial charge in [0.05, 0.1) is 5.92 Å². The molecule has 4 nitrogen and oxygen atoms in total. The van der Waals surface area contributed by atoms with Crippen LogP contribution >= 0.6 is 0 Å². The molecule has 0 aliphatic heterocycles. The number of aliphatic carboxylic acids is 1. The number of benzene rings is 2. The molecule has 24 heavy (non-hydrogen) atoms. The molecular formula is C20H21NO3. The lowest BCUT2D eigenvalue weighted by Crippen LogP contribution is -2.07. The van der Waals surface area contributed by atoms with E-state index in [2.05, 4.69) is 13.0 Å². The molecule has 1 unspecified atom stereocenters. The summed E-state index contributed by atoms with van der Waals surface area (Å²) in [5.41, 5.74) is 2.76. The van der Waals surface area contributed by atoms with Crippen LogP contribution < -0.4 is 0 Å². The van der Waals surface area contributed by atoms with Crippen LogP contribution in [0, 0.1) is 0 Å². The molecule has 1 heterocycles. The number of carboxylic acids is 1. The molecular weight excluding hydrogens is 302 g/mol. The van der Waals surface area contributed by atoms with Gasteiger partial charge in [-0.3, -0.25) is 9.36 Å². The minimum Gasteiger partial charge on any atom is -0.494 e. The SMILES string of the molecule is CCCc1ccc2cn(-c3ccc(C(C)C(=O)O)cc3)c(O)c2c1. The van der Waals surface area contributed by atoms with E-state index in [4.69, 9.17) is 5.11 Å². The van der Waals surface area contributed by atoms with E-state index in [9.17, 15) is 9.90 Å². The number of rotatable bonds is 5. The molecule has 0 aliphatic rings. The Kier molecular flexibility index (Phi) is 4.30. The summed E-state index contributed by atoms with van der Waals surface area (Å²) in [6.07, 6.45) is 3.95. The zero-order valence-corrected chi connectivity index (χ0v) is 13.9. The maximum absolute atomic E-state index is 11.1. The van der Waals surface area contributed by atoms with Gasteiger partial charge in [0.2, 0.25) is 5.88 Å². The monoisotopic (exact) mass is 323 g/mol. The maximum Gasteiger partial charge on any atom is 0.310 e. The third-order valence-electron chi connectivity index (χ3n) is 4.44. The van der Waals surface area contributed by atoms with Crippen LogP contribution in [0.25, 0.3) is 16.5 Å². The van der Waals surface area contributed by atoms with Gasteiger partial charge in [0, 0.05) is 22.7 Å². The largest absolute Gasteiger partial charge is 0.494 e. The van der Waals surface area contributed by atoms with Crippen molar-refractivity contribution in [2.45, 2.75) is 32.6 Å². The predicted molar refractivity (Wildman–Crippen MR) is 95.0 cm³/mol. The van der Waals surface area contributed by atoms with Gasteiger partial charge in [-0.2, -0.15) is 0 Å². The molecule has 2 N–H and O–H groups in total. The van der Waals surface area contributed by atoms with E-state index in [1.165, 1.54) is 5.56 Å². The van der Waals surface area contributed by atoms with Crippen molar-refractivity contribution in [3.8, 4) is 11.6 Å². The summed E-state index contributed by atoms with van der Waals surface area (Å²) in [4.78, 5) is 11.1. The summed E-state index contributed by atoms with van der Waals surface area (Å²) in [6, 6.07) is 13.4. The number of hydrogen-bond donors (Lipinski definition) is 2. The fourth-order valence-corrected chi connectivity index (χ4v) is 2.95. The van der Waals surface area contributed by atoms with Crippen LogP contribution in [0.5, 0.6) is 5.88 Å². The number of nitrogens with zero attached hydrogens (tertiary/aromatic N) is 1. The lowest BCUT2D eigenvalue weighted by atomic mass is 10.0. The molecule has 0 radical (unpaired) electrons. The van der Waals surface area contributed by atoms with Gasteiger partial charge in [0.15, 0.2) is 0 Å². The summed E-state index contributed by atoms with van der Waals surface area (Å²) in [6.45, 7) is 3.79. The van der Waals surface area contributed by atoms with Crippen LogP contribution in [0.2, 0.25) is 0 Å². The molecule has 0 saturated carbocycles. The Hall–Kier alpha value is -2.75. The highest BCUT2D eigenvalue weighted by Gasteiger charge is 2.14. The molecule has 0 fully saturated rings. The van der Waals surface area contributed by atoms with Gasteiger partial charge in [-0.1, -0.05) is 37.6 Å². The normalized spacial score (nSPS) is 12.4. The minimum atomic E-state index is -0.847. The predicted octanol–water partition coefficient (Wildman–Crippen LogP) is 4.48. The zero-order valence-electron chi connectivity index (χ0n) is 13.9. The van der Waals surface area contributed by atoms with Gasteiger partial charge in [0.1, 0.15) is 0 Å². The molecule has 2 aromatic carbocycles. The second-order valence-corrected chi connectivity index (χ2v) is 6.15. The number of aromatic nitrogens is 1. The van der Waals surface area contributed by atoms with Gasteiger partial charge in [0.25, 0.3) is 0 Å². The summed E-state index contributed by atoms with van der Waals surface area (Å²) >= 11 is 0. The highest BCUT2D eigenvalue weighted by atomic mass is 16.4. The Labute approximate surface area is 141 Å². The average Bonchev–Trinajstić information content (AvgIpc) is 2.91. The van der Waals surface area contributed by atoms with Crippen LogP contribution in [0.1, 0.15) is 37.3 Å². The van der Waals surface area contributed by atoms with Crippen molar-refractivity contribution in [2.75, 3.05) is 0 Å². The van der Waals surface area contributed by atoms with Crippen LogP contribution in [0.3, 0.4) is 0 Å². The first-order valence-electron chi connectivity index (χ1n) is 8.17. The summed E-state index contributed by atoms with van der Waals surface area (Å²) < 4.78 is 1.73. The van der Waals surface area contributed by atoms with E-state index in [-0.39, 0.29) is 5.88 Å². The van der Waals surface area contributed by atoms with Crippen LogP contribution in [0.4, 0.5) is 0 Å². The topological polar surface area (TPSA) is 62.5 Å². The van der Waals surface area contributed by atoms with Crippen LogP contribution in [-0.4, -0.2) is 20.7 Å². The third kappa shape index (κ3) is 2.87.